The van der Waals surface area contributed by atoms with Gasteiger partial charge in [0.05, 0.1) is 5.41 Å². The van der Waals surface area contributed by atoms with Crippen molar-refractivity contribution in [3.8, 4) is 67.9 Å². The molecule has 0 saturated carbocycles. The van der Waals surface area contributed by atoms with E-state index in [0.29, 0.717) is 17.5 Å². The van der Waals surface area contributed by atoms with Gasteiger partial charge in [0, 0.05) is 33.2 Å². The van der Waals surface area contributed by atoms with Gasteiger partial charge in [-0.05, 0) is 56.6 Å². The number of nitrogens with zero attached hydrogens (tertiary/aromatic N) is 3. The molecule has 0 saturated heterocycles. The van der Waals surface area contributed by atoms with Crippen LogP contribution in [0.3, 0.4) is 0 Å². The lowest BCUT2D eigenvalue weighted by Gasteiger charge is -2.50. The Hall–Kier alpha value is -7.43. The van der Waals surface area contributed by atoms with E-state index in [2.05, 4.69) is 184 Å². The standard InChI is InChI=1S/C55H39N3O/c1-54(2)43-27-13-15-29-45(43)55(46-30-16-14-28-44(46)54)47-31-17-18-32-49(47)59-50-35-38(33-34-48(50)55)40-24-10-12-26-42(40)53-57-51(37-21-7-4-8-22-37)56-52(58-53)41-25-11-9-23-39(41)36-19-5-3-6-20-36/h3-35H,1-2H3. The number of rotatable bonds is 5. The van der Waals surface area contributed by atoms with Crippen LogP contribution in [0.4, 0.5) is 0 Å². The average Bonchev–Trinajstić information content (AvgIpc) is 3.31. The van der Waals surface area contributed by atoms with Crippen LogP contribution < -0.4 is 4.74 Å². The van der Waals surface area contributed by atoms with E-state index in [1.54, 1.807) is 0 Å². The summed E-state index contributed by atoms with van der Waals surface area (Å²) in [4.78, 5) is 15.6. The number of benzene rings is 8. The van der Waals surface area contributed by atoms with Crippen LogP contribution >= 0.6 is 0 Å². The number of hydrogen-bond acceptors (Lipinski definition) is 4. The Labute approximate surface area is 344 Å². The van der Waals surface area contributed by atoms with Crippen molar-refractivity contribution in [2.45, 2.75) is 24.7 Å². The molecular weight excluding hydrogens is 719 g/mol. The van der Waals surface area contributed by atoms with Crippen molar-refractivity contribution in [1.82, 2.24) is 15.0 Å². The summed E-state index contributed by atoms with van der Waals surface area (Å²) < 4.78 is 6.96. The summed E-state index contributed by atoms with van der Waals surface area (Å²) in [5.41, 5.74) is 13.7. The fraction of sp³-hybridized carbons (Fsp3) is 0.0727. The third-order valence-electron chi connectivity index (χ3n) is 12.3. The Balaban J connectivity index is 1.12. The second kappa shape index (κ2) is 13.6. The van der Waals surface area contributed by atoms with Gasteiger partial charge >= 0.3 is 0 Å². The van der Waals surface area contributed by atoms with Crippen molar-refractivity contribution in [3.63, 3.8) is 0 Å². The Morgan fingerprint density at radius 3 is 1.34 bits per heavy atom. The van der Waals surface area contributed by atoms with Crippen molar-refractivity contribution >= 4 is 0 Å². The molecule has 9 aromatic rings. The molecule has 0 N–H and O–H groups in total. The van der Waals surface area contributed by atoms with E-state index in [-0.39, 0.29) is 5.41 Å². The summed E-state index contributed by atoms with van der Waals surface area (Å²) >= 11 is 0. The smallest absolute Gasteiger partial charge is 0.164 e. The average molecular weight is 758 g/mol. The molecule has 280 valence electrons. The van der Waals surface area contributed by atoms with Gasteiger partial charge in [-0.3, -0.25) is 0 Å². The Morgan fingerprint density at radius 1 is 0.322 bits per heavy atom. The molecule has 11 rings (SSSR count). The first-order chi connectivity index (χ1) is 29.0. The predicted molar refractivity (Wildman–Crippen MR) is 238 cm³/mol. The van der Waals surface area contributed by atoms with Crippen molar-refractivity contribution in [2.24, 2.45) is 0 Å². The number of hydrogen-bond donors (Lipinski definition) is 0. The van der Waals surface area contributed by atoms with Gasteiger partial charge in [-0.2, -0.15) is 0 Å². The molecule has 2 aliphatic rings. The zero-order valence-electron chi connectivity index (χ0n) is 32.8. The highest BCUT2D eigenvalue weighted by molar-refractivity contribution is 5.86. The van der Waals surface area contributed by atoms with Crippen molar-refractivity contribution < 1.29 is 4.74 Å². The van der Waals surface area contributed by atoms with Crippen molar-refractivity contribution in [2.75, 3.05) is 0 Å². The number of para-hydroxylation sites is 1. The van der Waals surface area contributed by atoms with Gasteiger partial charge in [0.1, 0.15) is 11.5 Å². The maximum Gasteiger partial charge on any atom is 0.164 e. The molecule has 59 heavy (non-hydrogen) atoms. The highest BCUT2D eigenvalue weighted by Gasteiger charge is 2.52. The summed E-state index contributed by atoms with van der Waals surface area (Å²) in [7, 11) is 0. The summed E-state index contributed by atoms with van der Waals surface area (Å²) in [6.07, 6.45) is 0. The highest BCUT2D eigenvalue weighted by atomic mass is 16.5. The molecule has 1 aliphatic carbocycles. The lowest BCUT2D eigenvalue weighted by molar-refractivity contribution is 0.425. The summed E-state index contributed by atoms with van der Waals surface area (Å²) in [6, 6.07) is 70.5. The van der Waals surface area contributed by atoms with Crippen molar-refractivity contribution in [3.05, 3.63) is 234 Å². The second-order valence-electron chi connectivity index (χ2n) is 15.9. The zero-order chi connectivity index (χ0) is 39.6. The van der Waals surface area contributed by atoms with E-state index >= 15 is 0 Å². The van der Waals surface area contributed by atoms with Gasteiger partial charge in [-0.15, -0.1) is 0 Å². The maximum atomic E-state index is 6.96. The summed E-state index contributed by atoms with van der Waals surface area (Å²) in [5.74, 6) is 3.53. The quantitative estimate of drug-likeness (QED) is 0.175. The van der Waals surface area contributed by atoms with Crippen LogP contribution in [0, 0.1) is 0 Å². The van der Waals surface area contributed by atoms with Gasteiger partial charge in [0.25, 0.3) is 0 Å². The third-order valence-corrected chi connectivity index (χ3v) is 12.3. The molecule has 0 radical (unpaired) electrons. The van der Waals surface area contributed by atoms with Crippen LogP contribution in [0.1, 0.15) is 47.2 Å². The molecule has 0 amide bonds. The fourth-order valence-electron chi connectivity index (χ4n) is 9.60. The first-order valence-electron chi connectivity index (χ1n) is 20.2. The lowest BCUT2D eigenvalue weighted by atomic mass is 9.53. The lowest BCUT2D eigenvalue weighted by Crippen LogP contribution is -2.43. The first-order valence-corrected chi connectivity index (χ1v) is 20.2. The summed E-state index contributed by atoms with van der Waals surface area (Å²) in [6.45, 7) is 4.69. The molecule has 0 atom stereocenters. The van der Waals surface area contributed by atoms with E-state index in [1.807, 2.05) is 30.3 Å². The molecule has 4 nitrogen and oxygen atoms in total. The van der Waals surface area contributed by atoms with Crippen LogP contribution in [0.25, 0.3) is 56.4 Å². The van der Waals surface area contributed by atoms with E-state index in [0.717, 1.165) is 61.6 Å². The second-order valence-corrected chi connectivity index (χ2v) is 15.9. The van der Waals surface area contributed by atoms with E-state index in [4.69, 9.17) is 19.7 Å². The predicted octanol–water partition coefficient (Wildman–Crippen LogP) is 13.3. The van der Waals surface area contributed by atoms with Crippen LogP contribution in [0.15, 0.2) is 200 Å². The van der Waals surface area contributed by atoms with Crippen LogP contribution in [0.2, 0.25) is 0 Å². The minimum atomic E-state index is -0.579. The van der Waals surface area contributed by atoms with Gasteiger partial charge in [0.2, 0.25) is 0 Å². The molecular formula is C55H39N3O. The minimum absolute atomic E-state index is 0.186. The van der Waals surface area contributed by atoms with Crippen molar-refractivity contribution in [1.29, 1.82) is 0 Å². The van der Waals surface area contributed by atoms with Crippen LogP contribution in [-0.2, 0) is 10.8 Å². The number of ether oxygens (including phenoxy) is 1. The molecule has 4 heteroatoms. The topological polar surface area (TPSA) is 47.9 Å². The zero-order valence-corrected chi connectivity index (χ0v) is 32.8. The first kappa shape index (κ1) is 34.8. The Bertz CT molecular complexity index is 3010. The van der Waals surface area contributed by atoms with E-state index in [9.17, 15) is 0 Å². The minimum Gasteiger partial charge on any atom is -0.457 e. The molecule has 0 bridgehead atoms. The van der Waals surface area contributed by atoms with E-state index in [1.165, 1.54) is 22.3 Å². The largest absolute Gasteiger partial charge is 0.457 e. The molecule has 8 aromatic carbocycles. The monoisotopic (exact) mass is 757 g/mol. The van der Waals surface area contributed by atoms with Crippen LogP contribution in [-0.4, -0.2) is 15.0 Å². The fourth-order valence-corrected chi connectivity index (χ4v) is 9.60. The Kier molecular flexibility index (Phi) is 8.02. The molecule has 1 aliphatic heterocycles. The SMILES string of the molecule is CC1(C)c2ccccc2C2(c3ccccc3Oc3cc(-c4ccccc4-c4nc(-c5ccccc5)nc(-c5ccccc5-c5ccccc5)n4)ccc32)c2ccccc21. The number of aromatic nitrogens is 3. The van der Waals surface area contributed by atoms with Gasteiger partial charge < -0.3 is 4.74 Å². The van der Waals surface area contributed by atoms with Gasteiger partial charge in [0.15, 0.2) is 17.5 Å². The molecule has 0 fully saturated rings. The van der Waals surface area contributed by atoms with Crippen LogP contribution in [0.5, 0.6) is 11.5 Å². The van der Waals surface area contributed by atoms with Gasteiger partial charge in [-0.1, -0.05) is 202 Å². The van der Waals surface area contributed by atoms with E-state index < -0.39 is 5.41 Å². The number of fused-ring (bicyclic) bond motifs is 8. The summed E-state index contributed by atoms with van der Waals surface area (Å²) in [5, 5.41) is 0. The molecule has 0 unspecified atom stereocenters. The maximum absolute atomic E-state index is 6.96. The molecule has 1 spiro atoms. The normalized spacial score (nSPS) is 14.0. The third kappa shape index (κ3) is 5.40. The Morgan fingerprint density at radius 2 is 0.746 bits per heavy atom. The molecule has 2 heterocycles. The highest BCUT2D eigenvalue weighted by Crippen LogP contribution is 2.61. The van der Waals surface area contributed by atoms with Gasteiger partial charge in [-0.25, -0.2) is 15.0 Å². The molecule has 1 aromatic heterocycles.